The van der Waals surface area contributed by atoms with Crippen LogP contribution in [0, 0.1) is 6.92 Å². The largest absolute Gasteiger partial charge is 0.504 e. The fourth-order valence-electron chi connectivity index (χ4n) is 1.93. The van der Waals surface area contributed by atoms with Crippen LogP contribution >= 0.6 is 0 Å². The van der Waals surface area contributed by atoms with E-state index in [1.165, 1.54) is 7.11 Å². The molecule has 21 heavy (non-hydrogen) atoms. The zero-order valence-electron chi connectivity index (χ0n) is 11.6. The van der Waals surface area contributed by atoms with Crippen molar-refractivity contribution in [3.8, 4) is 17.2 Å². The Labute approximate surface area is 121 Å². The molecule has 5 nitrogen and oxygen atoms in total. The van der Waals surface area contributed by atoms with Gasteiger partial charge in [0.1, 0.15) is 5.75 Å². The quantitative estimate of drug-likeness (QED) is 0.843. The molecule has 0 aliphatic heterocycles. The first-order chi connectivity index (χ1) is 9.93. The van der Waals surface area contributed by atoms with Gasteiger partial charge in [0.25, 0.3) is 0 Å². The van der Waals surface area contributed by atoms with Crippen LogP contribution in [-0.2, 0) is 0 Å². The maximum absolute atomic E-state index is 12.4. The molecule has 0 saturated carbocycles. The highest BCUT2D eigenvalue weighted by Crippen LogP contribution is 2.23. The summed E-state index contributed by atoms with van der Waals surface area (Å²) in [6.07, 6.45) is 0. The molecule has 0 heterocycles. The molecule has 2 aromatic carbocycles. The molecular formula is C16H14O5. The van der Waals surface area contributed by atoms with Crippen molar-refractivity contribution < 1.29 is 19.7 Å². The lowest BCUT2D eigenvalue weighted by Gasteiger charge is -2.04. The fourth-order valence-corrected chi connectivity index (χ4v) is 1.93. The van der Waals surface area contributed by atoms with Crippen molar-refractivity contribution in [2.24, 2.45) is 0 Å². The molecule has 0 aromatic heterocycles. The van der Waals surface area contributed by atoms with Gasteiger partial charge in [-0.3, -0.25) is 9.59 Å². The zero-order chi connectivity index (χ0) is 15.6. The molecule has 0 amide bonds. The smallest absolute Gasteiger partial charge is 0.224 e. The van der Waals surface area contributed by atoms with Crippen LogP contribution in [-0.4, -0.2) is 23.1 Å². The Morgan fingerprint density at radius 1 is 1.10 bits per heavy atom. The molecular weight excluding hydrogens is 272 g/mol. The molecule has 0 aliphatic rings. The van der Waals surface area contributed by atoms with Gasteiger partial charge in [0, 0.05) is 11.1 Å². The zero-order valence-corrected chi connectivity index (χ0v) is 11.6. The average Bonchev–Trinajstić information content (AvgIpc) is 2.58. The molecule has 0 atom stereocenters. The minimum absolute atomic E-state index is 0.148. The first-order valence-corrected chi connectivity index (χ1v) is 6.19. The highest BCUT2D eigenvalue weighted by Gasteiger charge is 2.15. The van der Waals surface area contributed by atoms with Crippen LogP contribution in [0.2, 0.25) is 0 Å². The van der Waals surface area contributed by atoms with Gasteiger partial charge in [-0.05, 0) is 48.9 Å². The molecule has 0 unspecified atom stereocenters. The number of ether oxygens (including phenoxy) is 1. The van der Waals surface area contributed by atoms with E-state index >= 15 is 0 Å². The Bertz CT molecular complexity index is 748. The molecule has 0 fully saturated rings. The van der Waals surface area contributed by atoms with E-state index in [2.05, 4.69) is 0 Å². The van der Waals surface area contributed by atoms with Crippen molar-refractivity contribution in [3.63, 3.8) is 0 Å². The van der Waals surface area contributed by atoms with E-state index in [1.54, 1.807) is 31.2 Å². The summed E-state index contributed by atoms with van der Waals surface area (Å²) in [6.45, 7) is 1.57. The summed E-state index contributed by atoms with van der Waals surface area (Å²) >= 11 is 0. The lowest BCUT2D eigenvalue weighted by molar-refractivity contribution is 0.103. The molecule has 5 heteroatoms. The number of aromatic hydroxyl groups is 2. The highest BCUT2D eigenvalue weighted by molar-refractivity contribution is 6.10. The van der Waals surface area contributed by atoms with E-state index < -0.39 is 16.9 Å². The first kappa shape index (κ1) is 14.6. The predicted molar refractivity (Wildman–Crippen MR) is 77.2 cm³/mol. The van der Waals surface area contributed by atoms with Crippen molar-refractivity contribution in [2.75, 3.05) is 7.11 Å². The summed E-state index contributed by atoms with van der Waals surface area (Å²) in [7, 11) is 1.52. The van der Waals surface area contributed by atoms with Gasteiger partial charge in [-0.1, -0.05) is 0 Å². The van der Waals surface area contributed by atoms with E-state index in [0.29, 0.717) is 16.9 Å². The van der Waals surface area contributed by atoms with Crippen LogP contribution < -0.4 is 10.2 Å². The number of carbonyl (C=O) groups excluding carboxylic acids is 1. The topological polar surface area (TPSA) is 83.8 Å². The van der Waals surface area contributed by atoms with Crippen LogP contribution in [0.1, 0.15) is 21.5 Å². The van der Waals surface area contributed by atoms with Crippen molar-refractivity contribution in [2.45, 2.75) is 6.92 Å². The first-order valence-electron chi connectivity index (χ1n) is 6.19. The molecule has 0 radical (unpaired) electrons. The number of methoxy groups -OCH3 is 1. The summed E-state index contributed by atoms with van der Waals surface area (Å²) in [5.41, 5.74) is 0.168. The molecule has 2 aromatic rings. The Morgan fingerprint density at radius 3 is 2.29 bits per heavy atom. The van der Waals surface area contributed by atoms with Crippen LogP contribution in [0.4, 0.5) is 0 Å². The van der Waals surface area contributed by atoms with Crippen LogP contribution in [0.25, 0.3) is 0 Å². The van der Waals surface area contributed by atoms with Gasteiger partial charge in [0.2, 0.25) is 11.2 Å². The van der Waals surface area contributed by atoms with Gasteiger partial charge in [-0.15, -0.1) is 0 Å². The molecule has 0 bridgehead atoms. The summed E-state index contributed by atoms with van der Waals surface area (Å²) in [5, 5.41) is 19.1. The van der Waals surface area contributed by atoms with Crippen molar-refractivity contribution in [1.29, 1.82) is 0 Å². The second kappa shape index (κ2) is 5.66. The second-order valence-electron chi connectivity index (χ2n) is 4.54. The number of hydrogen-bond acceptors (Lipinski definition) is 5. The Hall–Kier alpha value is -2.82. The third-order valence-electron chi connectivity index (χ3n) is 3.13. The van der Waals surface area contributed by atoms with E-state index in [4.69, 9.17) is 4.74 Å². The summed E-state index contributed by atoms with van der Waals surface area (Å²) in [6, 6.07) is 8.67. The van der Waals surface area contributed by atoms with Gasteiger partial charge in [-0.2, -0.15) is 0 Å². The maximum atomic E-state index is 12.4. The van der Waals surface area contributed by atoms with E-state index in [-0.39, 0.29) is 11.3 Å². The van der Waals surface area contributed by atoms with Gasteiger partial charge < -0.3 is 14.9 Å². The number of benzene rings is 1. The van der Waals surface area contributed by atoms with Gasteiger partial charge in [-0.25, -0.2) is 0 Å². The molecule has 0 aliphatic carbocycles. The monoisotopic (exact) mass is 286 g/mol. The molecule has 2 N–H and O–H groups in total. The third-order valence-corrected chi connectivity index (χ3v) is 3.13. The number of carbonyl (C=O) groups is 1. The summed E-state index contributed by atoms with van der Waals surface area (Å²) < 4.78 is 5.02. The number of aryl methyl sites for hydroxylation is 1. The Kier molecular flexibility index (Phi) is 3.93. The minimum Gasteiger partial charge on any atom is -0.504 e. The molecule has 2 rings (SSSR count). The summed E-state index contributed by atoms with van der Waals surface area (Å²) in [5.74, 6) is -1.14. The SMILES string of the molecule is COc1ccc(C(=O)c2cc(O)c(O)c(=O)cc2C)cc1. The normalized spacial score (nSPS) is 10.2. The van der Waals surface area contributed by atoms with E-state index in [0.717, 1.165) is 12.1 Å². The number of ketones is 1. The van der Waals surface area contributed by atoms with Crippen LogP contribution in [0.5, 0.6) is 17.2 Å². The Balaban J connectivity index is 2.55. The average molecular weight is 286 g/mol. The second-order valence-corrected chi connectivity index (χ2v) is 4.54. The van der Waals surface area contributed by atoms with Crippen molar-refractivity contribution in [3.05, 3.63) is 63.3 Å². The van der Waals surface area contributed by atoms with Crippen LogP contribution in [0.15, 0.2) is 41.2 Å². The minimum atomic E-state index is -0.771. The predicted octanol–water partition coefficient (Wildman–Crippen LogP) is 2.01. The van der Waals surface area contributed by atoms with Gasteiger partial charge in [0.05, 0.1) is 7.11 Å². The highest BCUT2D eigenvalue weighted by atomic mass is 16.5. The van der Waals surface area contributed by atoms with E-state index in [1.807, 2.05) is 0 Å². The Morgan fingerprint density at radius 2 is 1.71 bits per heavy atom. The van der Waals surface area contributed by atoms with E-state index in [9.17, 15) is 19.8 Å². The lowest BCUT2D eigenvalue weighted by Crippen LogP contribution is -2.03. The third kappa shape index (κ3) is 2.86. The fraction of sp³-hybridized carbons (Fsp3) is 0.125. The molecule has 0 saturated heterocycles. The summed E-state index contributed by atoms with van der Waals surface area (Å²) in [4.78, 5) is 24.0. The lowest BCUT2D eigenvalue weighted by atomic mass is 10.0. The van der Waals surface area contributed by atoms with Crippen molar-refractivity contribution in [1.82, 2.24) is 0 Å². The van der Waals surface area contributed by atoms with Gasteiger partial charge in [0.15, 0.2) is 11.5 Å². The maximum Gasteiger partial charge on any atom is 0.224 e. The van der Waals surface area contributed by atoms with Gasteiger partial charge >= 0.3 is 0 Å². The number of rotatable bonds is 3. The molecule has 108 valence electrons. The number of hydrogen-bond donors (Lipinski definition) is 2. The molecule has 0 spiro atoms. The van der Waals surface area contributed by atoms with Crippen molar-refractivity contribution >= 4 is 5.78 Å². The van der Waals surface area contributed by atoms with Crippen LogP contribution in [0.3, 0.4) is 0 Å². The standard InChI is InChI=1S/C16H14O5/c1-9-7-13(17)16(20)14(18)8-12(9)15(19)10-3-5-11(21-2)6-4-10/h3-8H,1-2H3,(H2,17,18,20).